The molecule has 0 saturated heterocycles. The van der Waals surface area contributed by atoms with Gasteiger partial charge < -0.3 is 4.74 Å². The van der Waals surface area contributed by atoms with Crippen molar-refractivity contribution < 1.29 is 62.2 Å². The molecule has 0 amide bonds. The highest BCUT2D eigenvalue weighted by atomic mass is 19.4. The summed E-state index contributed by atoms with van der Waals surface area (Å²) >= 11 is 0. The first-order chi connectivity index (χ1) is 10.2. The maximum atomic E-state index is 12.7. The van der Waals surface area contributed by atoms with E-state index in [1.54, 1.807) is 0 Å². The Morgan fingerprint density at radius 3 is 1.17 bits per heavy atom. The molecule has 0 saturated carbocycles. The van der Waals surface area contributed by atoms with E-state index in [0.29, 0.717) is 6.92 Å². The summed E-state index contributed by atoms with van der Waals surface area (Å²) in [6, 6.07) is 0. The van der Waals surface area contributed by atoms with Crippen LogP contribution in [0.25, 0.3) is 0 Å². The number of carbonyl (C=O) groups excluding carboxylic acids is 1. The Kier molecular flexibility index (Phi) is 5.53. The molecule has 0 rings (SSSR count). The van der Waals surface area contributed by atoms with Gasteiger partial charge in [-0.15, -0.1) is 0 Å². The zero-order valence-corrected chi connectivity index (χ0v) is 11.6. The fraction of sp³-hybridized carbons (Fsp3) is 0.900. The van der Waals surface area contributed by atoms with Crippen LogP contribution in [0.2, 0.25) is 0 Å². The molecule has 0 bridgehead atoms. The molecule has 0 spiro atoms. The first-order valence-corrected chi connectivity index (χ1v) is 5.69. The van der Waals surface area contributed by atoms with Gasteiger partial charge in [-0.05, 0) is 13.3 Å². The van der Waals surface area contributed by atoms with Gasteiger partial charge in [0.25, 0.3) is 0 Å². The molecule has 1 unspecified atom stereocenters. The van der Waals surface area contributed by atoms with E-state index in [1.165, 1.54) is 0 Å². The van der Waals surface area contributed by atoms with Crippen molar-refractivity contribution in [3.05, 3.63) is 0 Å². The molecule has 0 aliphatic heterocycles. The number of halogens is 12. The predicted octanol–water partition coefficient (Wildman–Crippen LogP) is 4.93. The van der Waals surface area contributed by atoms with E-state index >= 15 is 0 Å². The highest BCUT2D eigenvalue weighted by Crippen LogP contribution is 2.56. The van der Waals surface area contributed by atoms with E-state index in [0.717, 1.165) is 0 Å². The van der Waals surface area contributed by atoms with Gasteiger partial charge >= 0.3 is 36.3 Å². The van der Waals surface area contributed by atoms with Gasteiger partial charge in [-0.3, -0.25) is 4.79 Å². The Hall–Kier alpha value is -1.37. The van der Waals surface area contributed by atoms with Crippen molar-refractivity contribution in [1.82, 2.24) is 0 Å². The molecular weight excluding hydrogens is 380 g/mol. The Morgan fingerprint density at radius 1 is 0.708 bits per heavy atom. The van der Waals surface area contributed by atoms with Gasteiger partial charge in [0.1, 0.15) is 0 Å². The SMILES string of the molecule is CCC(C)(C(=O)OC(C(F)(F)F)(C(F)(F)F)C(F)(F)F)C(F)(F)F. The molecule has 2 nitrogen and oxygen atoms in total. The molecule has 0 heterocycles. The van der Waals surface area contributed by atoms with Crippen molar-refractivity contribution in [2.24, 2.45) is 5.41 Å². The second kappa shape index (κ2) is 5.86. The van der Waals surface area contributed by atoms with Gasteiger partial charge in [-0.25, -0.2) is 0 Å². The van der Waals surface area contributed by atoms with Gasteiger partial charge in [0.05, 0.1) is 0 Å². The van der Waals surface area contributed by atoms with Crippen molar-refractivity contribution >= 4 is 5.97 Å². The number of esters is 1. The zero-order valence-electron chi connectivity index (χ0n) is 11.6. The summed E-state index contributed by atoms with van der Waals surface area (Å²) in [6.45, 7) is 0.342. The fourth-order valence-electron chi connectivity index (χ4n) is 1.37. The maximum Gasteiger partial charge on any atom is 0.447 e. The van der Waals surface area contributed by atoms with Crippen molar-refractivity contribution in [2.45, 2.75) is 50.6 Å². The van der Waals surface area contributed by atoms with Gasteiger partial charge in [0.2, 0.25) is 0 Å². The molecule has 0 aromatic rings. The zero-order chi connectivity index (χ0) is 20.0. The van der Waals surface area contributed by atoms with Crippen LogP contribution >= 0.6 is 0 Å². The average Bonchev–Trinajstić information content (AvgIpc) is 2.27. The molecule has 0 fully saturated rings. The van der Waals surface area contributed by atoms with Gasteiger partial charge in [-0.1, -0.05) is 6.92 Å². The topological polar surface area (TPSA) is 26.3 Å². The molecule has 0 aliphatic rings. The van der Waals surface area contributed by atoms with Crippen LogP contribution in [0.15, 0.2) is 0 Å². The smallest absolute Gasteiger partial charge is 0.431 e. The van der Waals surface area contributed by atoms with Crippen LogP contribution in [0.3, 0.4) is 0 Å². The molecule has 24 heavy (non-hydrogen) atoms. The Morgan fingerprint density at radius 2 is 1.00 bits per heavy atom. The monoisotopic (exact) mass is 388 g/mol. The van der Waals surface area contributed by atoms with Crippen molar-refractivity contribution in [2.75, 3.05) is 0 Å². The standard InChI is InChI=1S/C10H8F12O2/c1-3-5(2,7(11,12)13)4(23)24-6(8(14,15)16,9(17,18)19)10(20,21)22/h3H2,1-2H3. The third-order valence-electron chi connectivity index (χ3n) is 3.23. The predicted molar refractivity (Wildman–Crippen MR) is 51.4 cm³/mol. The molecule has 0 aromatic carbocycles. The van der Waals surface area contributed by atoms with Crippen molar-refractivity contribution in [3.8, 4) is 0 Å². The summed E-state index contributed by atoms with van der Waals surface area (Å²) in [5, 5.41) is 0. The summed E-state index contributed by atoms with van der Waals surface area (Å²) in [7, 11) is 0. The summed E-state index contributed by atoms with van der Waals surface area (Å²) < 4.78 is 153. The summed E-state index contributed by atoms with van der Waals surface area (Å²) in [5.41, 5.74) is -11.1. The lowest BCUT2D eigenvalue weighted by molar-refractivity contribution is -0.448. The third kappa shape index (κ3) is 3.36. The van der Waals surface area contributed by atoms with E-state index in [-0.39, 0.29) is 6.92 Å². The van der Waals surface area contributed by atoms with Crippen LogP contribution in [0.1, 0.15) is 20.3 Å². The highest BCUT2D eigenvalue weighted by Gasteiger charge is 2.88. The minimum atomic E-state index is -7.31. The van der Waals surface area contributed by atoms with Crippen molar-refractivity contribution in [1.29, 1.82) is 0 Å². The summed E-state index contributed by atoms with van der Waals surface area (Å²) in [5.74, 6) is -3.36. The van der Waals surface area contributed by atoms with Crippen LogP contribution in [0.5, 0.6) is 0 Å². The van der Waals surface area contributed by atoms with Crippen LogP contribution in [0, 0.1) is 5.41 Å². The van der Waals surface area contributed by atoms with Crippen molar-refractivity contribution in [3.63, 3.8) is 0 Å². The van der Waals surface area contributed by atoms with E-state index in [4.69, 9.17) is 0 Å². The summed E-state index contributed by atoms with van der Waals surface area (Å²) in [4.78, 5) is 11.3. The second-order valence-electron chi connectivity index (χ2n) is 4.75. The number of alkyl halides is 12. The normalized spacial score (nSPS) is 17.4. The fourth-order valence-corrected chi connectivity index (χ4v) is 1.37. The number of ether oxygens (including phenoxy) is 1. The maximum absolute atomic E-state index is 12.7. The minimum absolute atomic E-state index is 0.177. The Bertz CT molecular complexity index is 432. The minimum Gasteiger partial charge on any atom is -0.431 e. The average molecular weight is 388 g/mol. The third-order valence-corrected chi connectivity index (χ3v) is 3.23. The quantitative estimate of drug-likeness (QED) is 0.506. The number of hydrogen-bond acceptors (Lipinski definition) is 2. The van der Waals surface area contributed by atoms with Crippen LogP contribution in [0.4, 0.5) is 52.7 Å². The van der Waals surface area contributed by atoms with Gasteiger partial charge in [-0.2, -0.15) is 52.7 Å². The lowest BCUT2D eigenvalue weighted by Crippen LogP contribution is -2.69. The Labute approximate surface area is 125 Å². The summed E-state index contributed by atoms with van der Waals surface area (Å²) in [6.07, 6.45) is -29.1. The molecule has 144 valence electrons. The molecule has 1 atom stereocenters. The van der Waals surface area contributed by atoms with E-state index in [1.807, 2.05) is 0 Å². The van der Waals surface area contributed by atoms with Gasteiger partial charge in [0.15, 0.2) is 5.41 Å². The number of hydrogen-bond donors (Lipinski definition) is 0. The van der Waals surface area contributed by atoms with E-state index < -0.39 is 48.1 Å². The van der Waals surface area contributed by atoms with Crippen LogP contribution < -0.4 is 0 Å². The highest BCUT2D eigenvalue weighted by molar-refractivity contribution is 5.78. The van der Waals surface area contributed by atoms with Gasteiger partial charge in [0, 0.05) is 0 Å². The molecule has 0 aromatic heterocycles. The number of rotatable bonds is 3. The molecular formula is C10H8F12O2. The second-order valence-corrected chi connectivity index (χ2v) is 4.75. The molecule has 0 aliphatic carbocycles. The molecule has 0 N–H and O–H groups in total. The van der Waals surface area contributed by atoms with E-state index in [2.05, 4.69) is 4.74 Å². The van der Waals surface area contributed by atoms with Crippen LogP contribution in [-0.2, 0) is 9.53 Å². The Balaban J connectivity index is 6.42. The lowest BCUT2D eigenvalue weighted by atomic mass is 9.86. The van der Waals surface area contributed by atoms with E-state index in [9.17, 15) is 57.5 Å². The van der Waals surface area contributed by atoms with Crippen LogP contribution in [-0.4, -0.2) is 36.3 Å². The lowest BCUT2D eigenvalue weighted by Gasteiger charge is -2.40. The first-order valence-electron chi connectivity index (χ1n) is 5.69. The first kappa shape index (κ1) is 22.6. The number of carbonyl (C=O) groups is 1. The molecule has 14 heteroatoms. The largest absolute Gasteiger partial charge is 0.447 e. The molecule has 0 radical (unpaired) electrons.